The molecule has 2 fully saturated rings. The Labute approximate surface area is 209 Å². The van der Waals surface area contributed by atoms with E-state index in [2.05, 4.69) is 22.3 Å². The van der Waals surface area contributed by atoms with Gasteiger partial charge in [-0.25, -0.2) is 0 Å². The number of rotatable bonds is 9. The van der Waals surface area contributed by atoms with E-state index in [0.29, 0.717) is 13.0 Å². The highest BCUT2D eigenvalue weighted by molar-refractivity contribution is 5.79. The third-order valence-electron chi connectivity index (χ3n) is 7.63. The molecule has 0 radical (unpaired) electrons. The number of hydrogen-bond acceptors (Lipinski definition) is 4. The molecule has 0 aliphatic carbocycles. The maximum Gasteiger partial charge on any atom is 0.223 e. The van der Waals surface area contributed by atoms with Gasteiger partial charge >= 0.3 is 0 Å². The Hall–Kier alpha value is -2.86. The molecule has 35 heavy (non-hydrogen) atoms. The van der Waals surface area contributed by atoms with Gasteiger partial charge in [0.1, 0.15) is 5.75 Å². The summed E-state index contributed by atoms with van der Waals surface area (Å²) in [5, 5.41) is 3.24. The van der Waals surface area contributed by atoms with E-state index >= 15 is 0 Å². The van der Waals surface area contributed by atoms with E-state index in [1.807, 2.05) is 61.2 Å². The Morgan fingerprint density at radius 1 is 1.06 bits per heavy atom. The quantitative estimate of drug-likeness (QED) is 0.581. The van der Waals surface area contributed by atoms with Crippen LogP contribution in [0.2, 0.25) is 0 Å². The largest absolute Gasteiger partial charge is 0.497 e. The number of benzene rings is 2. The van der Waals surface area contributed by atoms with E-state index in [1.54, 1.807) is 7.11 Å². The smallest absolute Gasteiger partial charge is 0.223 e. The third-order valence-corrected chi connectivity index (χ3v) is 7.63. The fourth-order valence-electron chi connectivity index (χ4n) is 5.32. The van der Waals surface area contributed by atoms with Crippen molar-refractivity contribution in [1.29, 1.82) is 0 Å². The van der Waals surface area contributed by atoms with Gasteiger partial charge in [0.05, 0.1) is 13.2 Å². The molecule has 2 aromatic rings. The second-order valence-electron chi connectivity index (χ2n) is 10.5. The van der Waals surface area contributed by atoms with Crippen LogP contribution in [0, 0.1) is 11.3 Å². The van der Waals surface area contributed by atoms with Gasteiger partial charge < -0.3 is 19.9 Å². The average Bonchev–Trinajstić information content (AvgIpc) is 3.17. The number of carbonyl (C=O) groups is 2. The van der Waals surface area contributed by atoms with Crippen LogP contribution in [0.1, 0.15) is 56.7 Å². The zero-order chi connectivity index (χ0) is 24.8. The van der Waals surface area contributed by atoms with Crippen LogP contribution < -0.4 is 10.1 Å². The minimum absolute atomic E-state index is 0.0232. The molecule has 4 rings (SSSR count). The first-order chi connectivity index (χ1) is 16.9. The second kappa shape index (κ2) is 11.3. The standard InChI is InChI=1S/C29H39N3O3/c1-22(2)28(34)30-26(24-7-5-4-6-8-24)13-16-31-17-14-29(15-18-31)19-27(33)32(21-29)20-23-9-11-25(35-3)12-10-23/h4-12,22,26H,13-21H2,1-3H3,(H,30,34)/t26-/m0/s1. The summed E-state index contributed by atoms with van der Waals surface area (Å²) in [6.07, 6.45) is 3.64. The Kier molecular flexibility index (Phi) is 8.11. The Morgan fingerprint density at radius 2 is 1.74 bits per heavy atom. The summed E-state index contributed by atoms with van der Waals surface area (Å²) in [6, 6.07) is 18.3. The maximum atomic E-state index is 12.8. The van der Waals surface area contributed by atoms with E-state index in [1.165, 1.54) is 0 Å². The topological polar surface area (TPSA) is 61.9 Å². The molecular formula is C29H39N3O3. The summed E-state index contributed by atoms with van der Waals surface area (Å²) >= 11 is 0. The summed E-state index contributed by atoms with van der Waals surface area (Å²) < 4.78 is 5.24. The highest BCUT2D eigenvalue weighted by Gasteiger charge is 2.44. The molecule has 2 saturated heterocycles. The van der Waals surface area contributed by atoms with Crippen molar-refractivity contribution in [3.63, 3.8) is 0 Å². The van der Waals surface area contributed by atoms with Gasteiger partial charge in [-0.3, -0.25) is 9.59 Å². The Morgan fingerprint density at radius 3 is 2.37 bits per heavy atom. The zero-order valence-electron chi connectivity index (χ0n) is 21.3. The van der Waals surface area contributed by atoms with E-state index in [4.69, 9.17) is 4.74 Å². The number of likely N-dealkylation sites (tertiary alicyclic amines) is 2. The maximum absolute atomic E-state index is 12.8. The van der Waals surface area contributed by atoms with Crippen LogP contribution in [0.25, 0.3) is 0 Å². The summed E-state index contributed by atoms with van der Waals surface area (Å²) in [7, 11) is 1.67. The molecule has 2 aliphatic heterocycles. The summed E-state index contributed by atoms with van der Waals surface area (Å²) in [5.41, 5.74) is 2.40. The summed E-state index contributed by atoms with van der Waals surface area (Å²) in [6.45, 7) is 8.33. The van der Waals surface area contributed by atoms with Crippen molar-refractivity contribution in [2.45, 2.75) is 52.1 Å². The minimum atomic E-state index is -0.0307. The fourth-order valence-corrected chi connectivity index (χ4v) is 5.32. The monoisotopic (exact) mass is 477 g/mol. The first-order valence-corrected chi connectivity index (χ1v) is 12.9. The first kappa shape index (κ1) is 25.2. The fraction of sp³-hybridized carbons (Fsp3) is 0.517. The van der Waals surface area contributed by atoms with Crippen LogP contribution in [0.3, 0.4) is 0 Å². The predicted molar refractivity (Wildman–Crippen MR) is 138 cm³/mol. The molecule has 0 saturated carbocycles. The minimum Gasteiger partial charge on any atom is -0.497 e. The molecule has 6 heteroatoms. The highest BCUT2D eigenvalue weighted by Crippen LogP contribution is 2.41. The van der Waals surface area contributed by atoms with Gasteiger partial charge in [-0.2, -0.15) is 0 Å². The van der Waals surface area contributed by atoms with E-state index in [0.717, 1.165) is 62.3 Å². The summed E-state index contributed by atoms with van der Waals surface area (Å²) in [5.74, 6) is 1.17. The van der Waals surface area contributed by atoms with E-state index in [-0.39, 0.29) is 29.2 Å². The Bertz CT molecular complexity index is 982. The van der Waals surface area contributed by atoms with Gasteiger partial charge in [0.25, 0.3) is 0 Å². The Balaban J connectivity index is 1.29. The molecule has 0 aromatic heterocycles. The molecule has 1 spiro atoms. The van der Waals surface area contributed by atoms with Crippen molar-refractivity contribution in [3.05, 3.63) is 65.7 Å². The van der Waals surface area contributed by atoms with Crippen molar-refractivity contribution < 1.29 is 14.3 Å². The molecule has 6 nitrogen and oxygen atoms in total. The second-order valence-corrected chi connectivity index (χ2v) is 10.5. The normalized spacial score (nSPS) is 18.7. The van der Waals surface area contributed by atoms with Gasteiger partial charge in [0, 0.05) is 32.0 Å². The SMILES string of the molecule is COc1ccc(CN2CC3(CCN(CC[C@H](NC(=O)C(C)C)c4ccccc4)CC3)CC2=O)cc1. The van der Waals surface area contributed by atoms with Gasteiger partial charge in [0.15, 0.2) is 0 Å². The molecule has 2 heterocycles. The summed E-state index contributed by atoms with van der Waals surface area (Å²) in [4.78, 5) is 29.8. The number of hydrogen-bond donors (Lipinski definition) is 1. The third kappa shape index (κ3) is 6.43. The number of nitrogens with one attached hydrogen (secondary N) is 1. The van der Waals surface area contributed by atoms with Crippen molar-refractivity contribution in [3.8, 4) is 5.75 Å². The van der Waals surface area contributed by atoms with Crippen LogP contribution in [0.5, 0.6) is 5.75 Å². The lowest BCUT2D eigenvalue weighted by molar-refractivity contribution is -0.128. The van der Waals surface area contributed by atoms with Crippen LogP contribution in [0.15, 0.2) is 54.6 Å². The van der Waals surface area contributed by atoms with Gasteiger partial charge in [-0.15, -0.1) is 0 Å². The number of piperidine rings is 1. The number of nitrogens with zero attached hydrogens (tertiary/aromatic N) is 2. The zero-order valence-corrected chi connectivity index (χ0v) is 21.3. The lowest BCUT2D eigenvalue weighted by atomic mass is 9.77. The molecule has 2 aliphatic rings. The molecule has 1 N–H and O–H groups in total. The number of amides is 2. The molecule has 2 aromatic carbocycles. The molecule has 0 unspecified atom stereocenters. The van der Waals surface area contributed by atoms with Crippen LogP contribution >= 0.6 is 0 Å². The van der Waals surface area contributed by atoms with Gasteiger partial charge in [0.2, 0.25) is 11.8 Å². The van der Waals surface area contributed by atoms with Crippen LogP contribution in [-0.2, 0) is 16.1 Å². The number of methoxy groups -OCH3 is 1. The van der Waals surface area contributed by atoms with Crippen molar-refractivity contribution in [1.82, 2.24) is 15.1 Å². The van der Waals surface area contributed by atoms with Crippen molar-refractivity contribution in [2.24, 2.45) is 11.3 Å². The molecule has 0 bridgehead atoms. The molecule has 2 amide bonds. The highest BCUT2D eigenvalue weighted by atomic mass is 16.5. The molecular weight excluding hydrogens is 438 g/mol. The van der Waals surface area contributed by atoms with Crippen molar-refractivity contribution >= 4 is 11.8 Å². The van der Waals surface area contributed by atoms with Gasteiger partial charge in [-0.05, 0) is 61.0 Å². The van der Waals surface area contributed by atoms with Crippen LogP contribution in [0.4, 0.5) is 0 Å². The number of ether oxygens (including phenoxy) is 1. The predicted octanol–water partition coefficient (Wildman–Crippen LogP) is 4.41. The lowest BCUT2D eigenvalue weighted by Gasteiger charge is -2.39. The van der Waals surface area contributed by atoms with E-state index in [9.17, 15) is 9.59 Å². The van der Waals surface area contributed by atoms with Gasteiger partial charge in [-0.1, -0.05) is 56.3 Å². The first-order valence-electron chi connectivity index (χ1n) is 12.9. The molecule has 1 atom stereocenters. The van der Waals surface area contributed by atoms with Crippen molar-refractivity contribution in [2.75, 3.05) is 33.3 Å². The number of carbonyl (C=O) groups excluding carboxylic acids is 2. The van der Waals surface area contributed by atoms with Crippen LogP contribution in [-0.4, -0.2) is 54.9 Å². The van der Waals surface area contributed by atoms with E-state index < -0.39 is 0 Å². The average molecular weight is 478 g/mol. The molecule has 188 valence electrons. The lowest BCUT2D eigenvalue weighted by Crippen LogP contribution is -2.43.